The van der Waals surface area contributed by atoms with Crippen LogP contribution >= 0.6 is 11.6 Å². The lowest BCUT2D eigenvalue weighted by Gasteiger charge is -2.07. The minimum absolute atomic E-state index is 0.653. The van der Waals surface area contributed by atoms with Crippen LogP contribution in [-0.4, -0.2) is 14.2 Å². The molecule has 0 saturated carbocycles. The molecular weight excluding hydrogens is 246 g/mol. The smallest absolute Gasteiger partial charge is 0.137 e. The molecule has 0 aliphatic carbocycles. The molecule has 0 radical (unpaired) electrons. The first-order valence-electron chi connectivity index (χ1n) is 5.82. The fraction of sp³-hybridized carbons (Fsp3) is 0.200. The third-order valence-corrected chi connectivity index (χ3v) is 3.14. The predicted molar refractivity (Wildman–Crippen MR) is 76.8 cm³/mol. The Morgan fingerprint density at radius 3 is 2.56 bits per heavy atom. The average Bonchev–Trinajstić information content (AvgIpc) is 2.39. The minimum Gasteiger partial charge on any atom is -0.495 e. The first-order chi connectivity index (χ1) is 8.72. The van der Waals surface area contributed by atoms with Crippen molar-refractivity contribution >= 4 is 17.3 Å². The highest BCUT2D eigenvalue weighted by Crippen LogP contribution is 2.26. The number of anilines is 1. The van der Waals surface area contributed by atoms with Gasteiger partial charge in [0.2, 0.25) is 0 Å². The summed E-state index contributed by atoms with van der Waals surface area (Å²) in [7, 11) is 3.54. The van der Waals surface area contributed by atoms with E-state index in [2.05, 4.69) is 17.4 Å². The van der Waals surface area contributed by atoms with Gasteiger partial charge in [0.25, 0.3) is 0 Å². The Bertz CT molecular complexity index is 540. The highest BCUT2D eigenvalue weighted by molar-refractivity contribution is 6.32. The van der Waals surface area contributed by atoms with Gasteiger partial charge in [-0.15, -0.1) is 0 Å². The van der Waals surface area contributed by atoms with Crippen LogP contribution in [0.25, 0.3) is 0 Å². The van der Waals surface area contributed by atoms with E-state index in [1.807, 2.05) is 37.4 Å². The van der Waals surface area contributed by atoms with E-state index >= 15 is 0 Å². The molecule has 2 nitrogen and oxygen atoms in total. The molecule has 0 aliphatic rings. The van der Waals surface area contributed by atoms with E-state index in [1.165, 1.54) is 11.1 Å². The number of rotatable bonds is 4. The molecule has 0 aromatic heterocycles. The normalized spacial score (nSPS) is 10.2. The monoisotopic (exact) mass is 261 g/mol. The Hall–Kier alpha value is -1.67. The van der Waals surface area contributed by atoms with Crippen molar-refractivity contribution in [2.75, 3.05) is 19.5 Å². The van der Waals surface area contributed by atoms with Crippen LogP contribution in [0.5, 0.6) is 5.75 Å². The molecule has 0 amide bonds. The van der Waals surface area contributed by atoms with Crippen molar-refractivity contribution in [2.24, 2.45) is 0 Å². The van der Waals surface area contributed by atoms with E-state index in [1.54, 1.807) is 7.11 Å². The van der Waals surface area contributed by atoms with Crippen LogP contribution in [-0.2, 0) is 6.42 Å². The summed E-state index contributed by atoms with van der Waals surface area (Å²) in [5.74, 6) is 0.712. The number of nitrogens with one attached hydrogen (secondary N) is 1. The number of methoxy groups -OCH3 is 1. The van der Waals surface area contributed by atoms with E-state index in [9.17, 15) is 0 Å². The summed E-state index contributed by atoms with van der Waals surface area (Å²) < 4.78 is 5.14. The third kappa shape index (κ3) is 2.96. The Kier molecular flexibility index (Phi) is 4.11. The highest BCUT2D eigenvalue weighted by atomic mass is 35.5. The molecule has 2 rings (SSSR count). The summed E-state index contributed by atoms with van der Waals surface area (Å²) in [5.41, 5.74) is 3.55. The Morgan fingerprint density at radius 2 is 1.89 bits per heavy atom. The number of hydrogen-bond donors (Lipinski definition) is 1. The zero-order chi connectivity index (χ0) is 13.0. The second-order valence-electron chi connectivity index (χ2n) is 4.10. The van der Waals surface area contributed by atoms with Gasteiger partial charge in [-0.1, -0.05) is 29.8 Å². The van der Waals surface area contributed by atoms with Gasteiger partial charge in [-0.25, -0.2) is 0 Å². The third-order valence-electron chi connectivity index (χ3n) is 2.84. The van der Waals surface area contributed by atoms with Crippen molar-refractivity contribution in [1.82, 2.24) is 0 Å². The SMILES string of the molecule is CNc1cccc(Cc2ccc(OC)c(Cl)c2)c1. The molecule has 0 heterocycles. The molecule has 0 saturated heterocycles. The van der Waals surface area contributed by atoms with Gasteiger partial charge < -0.3 is 10.1 Å². The quantitative estimate of drug-likeness (QED) is 0.899. The average molecular weight is 262 g/mol. The summed E-state index contributed by atoms with van der Waals surface area (Å²) in [6, 6.07) is 14.2. The van der Waals surface area contributed by atoms with E-state index in [-0.39, 0.29) is 0 Å². The van der Waals surface area contributed by atoms with Crippen LogP contribution in [0.15, 0.2) is 42.5 Å². The summed E-state index contributed by atoms with van der Waals surface area (Å²) in [6.45, 7) is 0. The highest BCUT2D eigenvalue weighted by Gasteiger charge is 2.03. The van der Waals surface area contributed by atoms with Gasteiger partial charge in [0, 0.05) is 12.7 Å². The largest absolute Gasteiger partial charge is 0.495 e. The molecular formula is C15H16ClNO. The van der Waals surface area contributed by atoms with E-state index < -0.39 is 0 Å². The van der Waals surface area contributed by atoms with Gasteiger partial charge in [-0.2, -0.15) is 0 Å². The number of benzene rings is 2. The molecule has 2 aromatic rings. The maximum atomic E-state index is 6.12. The molecule has 18 heavy (non-hydrogen) atoms. The minimum atomic E-state index is 0.653. The molecule has 0 spiro atoms. The fourth-order valence-corrected chi connectivity index (χ4v) is 2.17. The number of halogens is 1. The zero-order valence-corrected chi connectivity index (χ0v) is 11.3. The van der Waals surface area contributed by atoms with Gasteiger partial charge in [0.1, 0.15) is 5.75 Å². The number of hydrogen-bond acceptors (Lipinski definition) is 2. The first kappa shape index (κ1) is 12.8. The van der Waals surface area contributed by atoms with Crippen molar-refractivity contribution in [2.45, 2.75) is 6.42 Å². The molecule has 0 unspecified atom stereocenters. The first-order valence-corrected chi connectivity index (χ1v) is 6.20. The van der Waals surface area contributed by atoms with Gasteiger partial charge in [-0.3, -0.25) is 0 Å². The van der Waals surface area contributed by atoms with Crippen LogP contribution in [0, 0.1) is 0 Å². The van der Waals surface area contributed by atoms with Gasteiger partial charge >= 0.3 is 0 Å². The maximum absolute atomic E-state index is 6.12. The maximum Gasteiger partial charge on any atom is 0.137 e. The van der Waals surface area contributed by atoms with Crippen LogP contribution < -0.4 is 10.1 Å². The van der Waals surface area contributed by atoms with Crippen LogP contribution in [0.3, 0.4) is 0 Å². The summed E-state index contributed by atoms with van der Waals surface area (Å²) >= 11 is 6.12. The van der Waals surface area contributed by atoms with Gasteiger partial charge in [-0.05, 0) is 41.8 Å². The second kappa shape index (κ2) is 5.78. The molecule has 0 bridgehead atoms. The number of ether oxygens (including phenoxy) is 1. The van der Waals surface area contributed by atoms with Crippen molar-refractivity contribution in [3.63, 3.8) is 0 Å². The van der Waals surface area contributed by atoms with E-state index in [4.69, 9.17) is 16.3 Å². The van der Waals surface area contributed by atoms with Crippen molar-refractivity contribution in [3.8, 4) is 5.75 Å². The van der Waals surface area contributed by atoms with Crippen LogP contribution in [0.2, 0.25) is 5.02 Å². The summed E-state index contributed by atoms with van der Waals surface area (Å²) in [5, 5.41) is 3.79. The molecule has 1 N–H and O–H groups in total. The molecule has 0 aliphatic heterocycles. The summed E-state index contributed by atoms with van der Waals surface area (Å²) in [4.78, 5) is 0. The molecule has 94 valence electrons. The van der Waals surface area contributed by atoms with Crippen molar-refractivity contribution < 1.29 is 4.74 Å². The molecule has 0 fully saturated rings. The molecule has 3 heteroatoms. The van der Waals surface area contributed by atoms with Crippen molar-refractivity contribution in [1.29, 1.82) is 0 Å². The predicted octanol–water partition coefficient (Wildman–Crippen LogP) is 3.98. The van der Waals surface area contributed by atoms with Crippen LogP contribution in [0.4, 0.5) is 5.69 Å². The van der Waals surface area contributed by atoms with Gasteiger partial charge in [0.15, 0.2) is 0 Å². The lowest BCUT2D eigenvalue weighted by Crippen LogP contribution is -1.93. The standard InChI is InChI=1S/C15H16ClNO/c1-17-13-5-3-4-11(9-13)8-12-6-7-15(18-2)14(16)10-12/h3-7,9-10,17H,8H2,1-2H3. The Morgan fingerprint density at radius 1 is 1.11 bits per heavy atom. The lowest BCUT2D eigenvalue weighted by atomic mass is 10.0. The Labute approximate surface area is 113 Å². The molecule has 2 aromatic carbocycles. The molecule has 0 atom stereocenters. The second-order valence-corrected chi connectivity index (χ2v) is 4.50. The Balaban J connectivity index is 2.20. The topological polar surface area (TPSA) is 21.3 Å². The van der Waals surface area contributed by atoms with E-state index in [0.717, 1.165) is 12.1 Å². The van der Waals surface area contributed by atoms with Gasteiger partial charge in [0.05, 0.1) is 12.1 Å². The van der Waals surface area contributed by atoms with E-state index in [0.29, 0.717) is 10.8 Å². The van der Waals surface area contributed by atoms with Crippen LogP contribution in [0.1, 0.15) is 11.1 Å². The van der Waals surface area contributed by atoms with Crippen molar-refractivity contribution in [3.05, 3.63) is 58.6 Å². The summed E-state index contributed by atoms with van der Waals surface area (Å²) in [6.07, 6.45) is 0.860. The fourth-order valence-electron chi connectivity index (χ4n) is 1.89. The lowest BCUT2D eigenvalue weighted by molar-refractivity contribution is 0.415. The zero-order valence-electron chi connectivity index (χ0n) is 10.5.